The molecule has 0 aromatic heterocycles. The van der Waals surface area contributed by atoms with Crippen LogP contribution in [0.3, 0.4) is 0 Å². The Balaban J connectivity index is 2.26. The fourth-order valence-corrected chi connectivity index (χ4v) is 2.96. The van der Waals surface area contributed by atoms with Crippen LogP contribution < -0.4 is 5.32 Å². The van der Waals surface area contributed by atoms with E-state index in [-0.39, 0.29) is 5.91 Å². The van der Waals surface area contributed by atoms with Crippen molar-refractivity contribution in [2.75, 3.05) is 5.32 Å². The topological polar surface area (TPSA) is 29.1 Å². The molecule has 1 amide bonds. The quantitative estimate of drug-likeness (QED) is 0.519. The van der Waals surface area contributed by atoms with E-state index in [2.05, 4.69) is 66.4 Å². The molecule has 0 aliphatic rings. The summed E-state index contributed by atoms with van der Waals surface area (Å²) in [5.41, 5.74) is 2.62. The molecule has 0 saturated carbocycles. The van der Waals surface area contributed by atoms with Gasteiger partial charge >= 0.3 is 0 Å². The minimum atomic E-state index is -0.0776. The zero-order valence-corrected chi connectivity index (χ0v) is 15.9. The minimum absolute atomic E-state index is 0.0776. The lowest BCUT2D eigenvalue weighted by Gasteiger charge is -2.09. The molecule has 0 aliphatic carbocycles. The molecule has 5 heteroatoms. The van der Waals surface area contributed by atoms with Gasteiger partial charge in [0.1, 0.15) is 0 Å². The molecule has 0 fully saturated rings. The normalized spacial score (nSPS) is 10.3. The molecular formula is C14H10BrI2NO. The molecule has 2 aromatic carbocycles. The lowest BCUT2D eigenvalue weighted by molar-refractivity contribution is 0.102. The highest BCUT2D eigenvalue weighted by Gasteiger charge is 2.11. The molecule has 2 nitrogen and oxygen atoms in total. The molecule has 0 bridgehead atoms. The smallest absolute Gasteiger partial charge is 0.256 e. The van der Waals surface area contributed by atoms with Gasteiger partial charge in [0.05, 0.1) is 5.56 Å². The van der Waals surface area contributed by atoms with Gasteiger partial charge in [-0.1, -0.05) is 12.1 Å². The predicted octanol–water partition coefficient (Wildman–Crippen LogP) is 5.22. The summed E-state index contributed by atoms with van der Waals surface area (Å²) in [7, 11) is 0. The Morgan fingerprint density at radius 1 is 1.21 bits per heavy atom. The fraction of sp³-hybridized carbons (Fsp3) is 0.0714. The van der Waals surface area contributed by atoms with Gasteiger partial charge in [0.25, 0.3) is 5.91 Å². The van der Waals surface area contributed by atoms with Crippen LogP contribution in [0.2, 0.25) is 0 Å². The maximum Gasteiger partial charge on any atom is 0.256 e. The van der Waals surface area contributed by atoms with Crippen molar-refractivity contribution in [1.82, 2.24) is 0 Å². The number of amides is 1. The monoisotopic (exact) mass is 541 g/mol. The molecule has 98 valence electrons. The van der Waals surface area contributed by atoms with Gasteiger partial charge in [0.15, 0.2) is 0 Å². The van der Waals surface area contributed by atoms with Gasteiger partial charge in [-0.2, -0.15) is 0 Å². The summed E-state index contributed by atoms with van der Waals surface area (Å²) >= 11 is 7.87. The highest BCUT2D eigenvalue weighted by molar-refractivity contribution is 14.1. The summed E-state index contributed by atoms with van der Waals surface area (Å²) in [6.07, 6.45) is 0. The minimum Gasteiger partial charge on any atom is -0.322 e. The number of aryl methyl sites for hydroxylation is 1. The molecule has 0 atom stereocenters. The Hall–Kier alpha value is -0.150. The lowest BCUT2D eigenvalue weighted by Crippen LogP contribution is -2.14. The van der Waals surface area contributed by atoms with Gasteiger partial charge in [-0.25, -0.2) is 0 Å². The van der Waals surface area contributed by atoms with E-state index in [0.29, 0.717) is 5.56 Å². The molecule has 0 unspecified atom stereocenters. The Kier molecular flexibility index (Phi) is 5.24. The van der Waals surface area contributed by atoms with Crippen LogP contribution in [-0.4, -0.2) is 5.91 Å². The third kappa shape index (κ3) is 3.69. The summed E-state index contributed by atoms with van der Waals surface area (Å²) < 4.78 is 3.08. The Bertz CT molecular complexity index is 643. The molecule has 1 N–H and O–H groups in total. The van der Waals surface area contributed by atoms with Crippen molar-refractivity contribution in [2.24, 2.45) is 0 Å². The molecule has 19 heavy (non-hydrogen) atoms. The van der Waals surface area contributed by atoms with E-state index >= 15 is 0 Å². The van der Waals surface area contributed by atoms with E-state index in [1.54, 1.807) is 0 Å². The first-order valence-electron chi connectivity index (χ1n) is 5.50. The highest BCUT2D eigenvalue weighted by atomic mass is 127. The van der Waals surface area contributed by atoms with Crippen LogP contribution in [0.5, 0.6) is 0 Å². The number of nitrogens with one attached hydrogen (secondary N) is 1. The lowest BCUT2D eigenvalue weighted by atomic mass is 10.1. The van der Waals surface area contributed by atoms with Gasteiger partial charge < -0.3 is 5.32 Å². The average molecular weight is 542 g/mol. The molecule has 2 aromatic rings. The van der Waals surface area contributed by atoms with Crippen molar-refractivity contribution in [3.8, 4) is 0 Å². The Labute approximate surface area is 147 Å². The number of hydrogen-bond donors (Lipinski definition) is 1. The maximum atomic E-state index is 12.3. The molecule has 0 spiro atoms. The second-order valence-electron chi connectivity index (χ2n) is 4.02. The van der Waals surface area contributed by atoms with E-state index in [1.165, 1.54) is 0 Å². The zero-order valence-electron chi connectivity index (χ0n) is 10.0. The van der Waals surface area contributed by atoms with Crippen LogP contribution in [-0.2, 0) is 0 Å². The summed E-state index contributed by atoms with van der Waals surface area (Å²) in [4.78, 5) is 12.3. The van der Waals surface area contributed by atoms with Gasteiger partial charge in [0, 0.05) is 17.3 Å². The second kappa shape index (κ2) is 6.53. The van der Waals surface area contributed by atoms with Crippen LogP contribution >= 0.6 is 61.1 Å². The number of benzene rings is 2. The first-order valence-corrected chi connectivity index (χ1v) is 8.45. The predicted molar refractivity (Wildman–Crippen MR) is 98.7 cm³/mol. The Morgan fingerprint density at radius 3 is 2.63 bits per heavy atom. The average Bonchev–Trinajstić information content (AvgIpc) is 2.37. The summed E-state index contributed by atoms with van der Waals surface area (Å²) in [6.45, 7) is 2.00. The molecule has 0 radical (unpaired) electrons. The number of anilines is 1. The number of carbonyl (C=O) groups is 1. The Morgan fingerprint density at radius 2 is 1.95 bits per heavy atom. The maximum absolute atomic E-state index is 12.3. The van der Waals surface area contributed by atoms with Crippen molar-refractivity contribution < 1.29 is 4.79 Å². The second-order valence-corrected chi connectivity index (χ2v) is 7.11. The standard InChI is InChI=1S/C14H10BrI2NO/c1-8-3-2-4-10(13(8)17)14(19)18-9-5-6-11(15)12(16)7-9/h2-7H,1H3,(H,18,19). The SMILES string of the molecule is Cc1cccc(C(=O)Nc2ccc(Br)c(I)c2)c1I. The van der Waals surface area contributed by atoms with Crippen molar-refractivity contribution >= 4 is 72.7 Å². The zero-order chi connectivity index (χ0) is 14.0. The van der Waals surface area contributed by atoms with Crippen LogP contribution in [0.25, 0.3) is 0 Å². The van der Waals surface area contributed by atoms with E-state index in [1.807, 2.05) is 43.3 Å². The first-order chi connectivity index (χ1) is 8.99. The molecular weight excluding hydrogens is 532 g/mol. The highest BCUT2D eigenvalue weighted by Crippen LogP contribution is 2.24. The molecule has 2 rings (SSSR count). The van der Waals surface area contributed by atoms with Gasteiger partial charge in [-0.15, -0.1) is 0 Å². The van der Waals surface area contributed by atoms with Crippen molar-refractivity contribution in [3.63, 3.8) is 0 Å². The fourth-order valence-electron chi connectivity index (χ4n) is 1.60. The van der Waals surface area contributed by atoms with Gasteiger partial charge in [-0.05, 0) is 97.9 Å². The van der Waals surface area contributed by atoms with Crippen LogP contribution in [0, 0.1) is 14.1 Å². The number of rotatable bonds is 2. The van der Waals surface area contributed by atoms with E-state index in [4.69, 9.17) is 0 Å². The number of carbonyl (C=O) groups excluding carboxylic acids is 1. The number of hydrogen-bond acceptors (Lipinski definition) is 1. The first kappa shape index (κ1) is 15.2. The van der Waals surface area contributed by atoms with Crippen LogP contribution in [0.15, 0.2) is 40.9 Å². The van der Waals surface area contributed by atoms with Crippen molar-refractivity contribution in [2.45, 2.75) is 6.92 Å². The number of halogens is 3. The molecule has 0 heterocycles. The third-order valence-corrected chi connectivity index (χ3v) is 6.37. The molecule has 0 aliphatic heterocycles. The summed E-state index contributed by atoms with van der Waals surface area (Å²) in [5.74, 6) is -0.0776. The van der Waals surface area contributed by atoms with E-state index in [0.717, 1.165) is 22.9 Å². The van der Waals surface area contributed by atoms with Crippen LogP contribution in [0.4, 0.5) is 5.69 Å². The summed E-state index contributed by atoms with van der Waals surface area (Å²) in [5, 5.41) is 2.92. The largest absolute Gasteiger partial charge is 0.322 e. The summed E-state index contributed by atoms with van der Waals surface area (Å²) in [6, 6.07) is 11.5. The van der Waals surface area contributed by atoms with E-state index < -0.39 is 0 Å². The van der Waals surface area contributed by atoms with Gasteiger partial charge in [0.2, 0.25) is 0 Å². The van der Waals surface area contributed by atoms with Crippen molar-refractivity contribution in [3.05, 3.63) is 59.1 Å². The van der Waals surface area contributed by atoms with Crippen LogP contribution in [0.1, 0.15) is 15.9 Å². The van der Waals surface area contributed by atoms with E-state index in [9.17, 15) is 4.79 Å². The third-order valence-electron chi connectivity index (χ3n) is 2.61. The van der Waals surface area contributed by atoms with Crippen molar-refractivity contribution in [1.29, 1.82) is 0 Å². The van der Waals surface area contributed by atoms with Gasteiger partial charge in [-0.3, -0.25) is 4.79 Å². The molecule has 0 saturated heterocycles.